The summed E-state index contributed by atoms with van der Waals surface area (Å²) in [5.74, 6) is -1.47. The van der Waals surface area contributed by atoms with E-state index in [2.05, 4.69) is 5.32 Å². The molecule has 1 atom stereocenters. The number of carbonyl (C=O) groups excluding carboxylic acids is 2. The largest absolute Gasteiger partial charge is 0.495 e. The summed E-state index contributed by atoms with van der Waals surface area (Å²) in [6.07, 6.45) is 4.85. The van der Waals surface area contributed by atoms with Gasteiger partial charge in [0.2, 0.25) is 5.91 Å². The van der Waals surface area contributed by atoms with Crippen LogP contribution in [0.5, 0.6) is 5.75 Å². The average molecular weight is 553 g/mol. The van der Waals surface area contributed by atoms with Crippen LogP contribution in [-0.4, -0.2) is 47.2 Å². The number of hydrogen-bond acceptors (Lipinski definition) is 6. The molecule has 2 N–H and O–H groups in total. The molecular formula is C29H29ClN2O7. The highest BCUT2D eigenvalue weighted by Crippen LogP contribution is 2.34. The molecule has 1 aliphatic rings. The van der Waals surface area contributed by atoms with Crippen LogP contribution < -0.4 is 15.6 Å². The predicted octanol–water partition coefficient (Wildman–Crippen LogP) is 5.22. The van der Waals surface area contributed by atoms with Gasteiger partial charge in [0, 0.05) is 40.9 Å². The van der Waals surface area contributed by atoms with Gasteiger partial charge in [-0.2, -0.15) is 0 Å². The molecule has 3 aromatic rings. The Morgan fingerprint density at radius 3 is 2.41 bits per heavy atom. The summed E-state index contributed by atoms with van der Waals surface area (Å²) in [5, 5.41) is 12.3. The molecule has 1 aliphatic carbocycles. The number of hydrogen-bond donors (Lipinski definition) is 2. The standard InChI is InChI=1S/C29H29ClN2O7/c1-17(33)22-11-8-19(30)14-23(22)24-15-27(34)32(16-26(24)38-2)25(12-13-39-21-4-3-5-21)28(35)31-20-9-6-18(7-10-20)29(36)37/h6-11,14-16,21,25H,3-5,12-13H2,1-2H3,(H,31,35)(H,36,37)/t25-/m1/s1. The van der Waals surface area contributed by atoms with Crippen LogP contribution in [0.15, 0.2) is 59.5 Å². The molecule has 4 rings (SSSR count). The molecule has 0 saturated heterocycles. The van der Waals surface area contributed by atoms with E-state index < -0.39 is 23.5 Å². The van der Waals surface area contributed by atoms with Crippen molar-refractivity contribution in [1.29, 1.82) is 0 Å². The lowest BCUT2D eigenvalue weighted by Crippen LogP contribution is -2.34. The number of anilines is 1. The van der Waals surface area contributed by atoms with Crippen LogP contribution in [0.25, 0.3) is 11.1 Å². The van der Waals surface area contributed by atoms with E-state index >= 15 is 0 Å². The van der Waals surface area contributed by atoms with E-state index in [1.54, 1.807) is 18.2 Å². The van der Waals surface area contributed by atoms with E-state index in [1.165, 1.54) is 55.1 Å². The summed E-state index contributed by atoms with van der Waals surface area (Å²) in [5.41, 5.74) is 1.19. The van der Waals surface area contributed by atoms with Crippen molar-refractivity contribution in [3.63, 3.8) is 0 Å². The summed E-state index contributed by atoms with van der Waals surface area (Å²) in [6, 6.07) is 10.9. The molecule has 0 unspecified atom stereocenters. The highest BCUT2D eigenvalue weighted by molar-refractivity contribution is 6.31. The van der Waals surface area contributed by atoms with Gasteiger partial charge in [0.25, 0.3) is 5.56 Å². The third-order valence-electron chi connectivity index (χ3n) is 6.75. The Morgan fingerprint density at radius 2 is 1.82 bits per heavy atom. The Labute approximate surface area is 230 Å². The fourth-order valence-corrected chi connectivity index (χ4v) is 4.57. The summed E-state index contributed by atoms with van der Waals surface area (Å²) in [7, 11) is 1.43. The molecule has 10 heteroatoms. The van der Waals surface area contributed by atoms with Gasteiger partial charge in [-0.25, -0.2) is 4.79 Å². The van der Waals surface area contributed by atoms with Crippen molar-refractivity contribution in [1.82, 2.24) is 4.57 Å². The first-order valence-corrected chi connectivity index (χ1v) is 12.9. The normalized spacial score (nSPS) is 13.8. The lowest BCUT2D eigenvalue weighted by Gasteiger charge is -2.27. The number of rotatable bonds is 11. The zero-order chi connectivity index (χ0) is 28.1. The molecule has 0 aliphatic heterocycles. The number of Topliss-reactive ketones (excluding diaryl/α,β-unsaturated/α-hetero) is 1. The third-order valence-corrected chi connectivity index (χ3v) is 6.99. The number of methoxy groups -OCH3 is 1. The van der Waals surface area contributed by atoms with Gasteiger partial charge in [0.05, 0.1) is 25.0 Å². The molecule has 0 radical (unpaired) electrons. The van der Waals surface area contributed by atoms with Gasteiger partial charge in [-0.1, -0.05) is 11.6 Å². The van der Waals surface area contributed by atoms with Crippen LogP contribution >= 0.6 is 11.6 Å². The maximum atomic E-state index is 13.4. The Hall–Kier alpha value is -3.95. The van der Waals surface area contributed by atoms with Crippen LogP contribution in [0.4, 0.5) is 5.69 Å². The molecule has 1 saturated carbocycles. The Balaban J connectivity index is 1.70. The summed E-state index contributed by atoms with van der Waals surface area (Å²) in [6.45, 7) is 1.69. The number of nitrogens with zero attached hydrogens (tertiary/aromatic N) is 1. The molecule has 1 heterocycles. The van der Waals surface area contributed by atoms with Gasteiger partial charge in [-0.15, -0.1) is 0 Å². The number of halogens is 1. The maximum absolute atomic E-state index is 13.4. The highest BCUT2D eigenvalue weighted by atomic mass is 35.5. The van der Waals surface area contributed by atoms with E-state index in [9.17, 15) is 19.2 Å². The minimum absolute atomic E-state index is 0.0842. The van der Waals surface area contributed by atoms with Crippen molar-refractivity contribution >= 4 is 34.9 Å². The lowest BCUT2D eigenvalue weighted by atomic mass is 9.96. The Kier molecular flexibility index (Phi) is 8.83. The second-order valence-corrected chi connectivity index (χ2v) is 9.78. The van der Waals surface area contributed by atoms with Crippen LogP contribution in [0.1, 0.15) is 59.4 Å². The Bertz CT molecular complexity index is 1440. The van der Waals surface area contributed by atoms with Crippen molar-refractivity contribution in [2.75, 3.05) is 19.0 Å². The first kappa shape index (κ1) is 28.1. The molecule has 2 aromatic carbocycles. The minimum atomic E-state index is -1.08. The number of ether oxygens (including phenoxy) is 2. The van der Waals surface area contributed by atoms with Crippen molar-refractivity contribution < 1.29 is 29.0 Å². The molecular weight excluding hydrogens is 524 g/mol. The number of carboxylic acids is 1. The molecule has 39 heavy (non-hydrogen) atoms. The van der Waals surface area contributed by atoms with Crippen molar-refractivity contribution in [2.45, 2.75) is 44.8 Å². The van der Waals surface area contributed by atoms with Gasteiger partial charge >= 0.3 is 5.97 Å². The number of aromatic carboxylic acids is 1. The smallest absolute Gasteiger partial charge is 0.335 e. The van der Waals surface area contributed by atoms with E-state index in [1.807, 2.05) is 0 Å². The monoisotopic (exact) mass is 552 g/mol. The molecule has 204 valence electrons. The lowest BCUT2D eigenvalue weighted by molar-refractivity contribution is -0.120. The number of amides is 1. The highest BCUT2D eigenvalue weighted by Gasteiger charge is 2.26. The van der Waals surface area contributed by atoms with Crippen LogP contribution in [-0.2, 0) is 9.53 Å². The second-order valence-electron chi connectivity index (χ2n) is 9.35. The number of nitrogens with one attached hydrogen (secondary N) is 1. The third kappa shape index (κ3) is 6.55. The fourth-order valence-electron chi connectivity index (χ4n) is 4.39. The Morgan fingerprint density at radius 1 is 1.10 bits per heavy atom. The first-order valence-electron chi connectivity index (χ1n) is 12.5. The number of benzene rings is 2. The summed E-state index contributed by atoms with van der Waals surface area (Å²) < 4.78 is 12.7. The van der Waals surface area contributed by atoms with Gasteiger partial charge in [0.1, 0.15) is 11.8 Å². The predicted molar refractivity (Wildman–Crippen MR) is 147 cm³/mol. The van der Waals surface area contributed by atoms with Crippen LogP contribution in [0, 0.1) is 0 Å². The number of aromatic nitrogens is 1. The van der Waals surface area contributed by atoms with Crippen molar-refractivity contribution in [3.05, 3.63) is 81.2 Å². The number of carboxylic acid groups (broad SMARTS) is 1. The van der Waals surface area contributed by atoms with Crippen LogP contribution in [0.3, 0.4) is 0 Å². The van der Waals surface area contributed by atoms with Gasteiger partial charge in [-0.3, -0.25) is 19.0 Å². The first-order chi connectivity index (χ1) is 18.7. The molecule has 1 aromatic heterocycles. The molecule has 9 nitrogen and oxygen atoms in total. The van der Waals surface area contributed by atoms with E-state index in [0.717, 1.165) is 19.3 Å². The number of carbonyl (C=O) groups is 3. The summed E-state index contributed by atoms with van der Waals surface area (Å²) in [4.78, 5) is 50.3. The second kappa shape index (κ2) is 12.3. The zero-order valence-corrected chi connectivity index (χ0v) is 22.4. The number of pyridine rings is 1. The zero-order valence-electron chi connectivity index (χ0n) is 21.6. The van der Waals surface area contributed by atoms with Gasteiger partial charge < -0.3 is 19.9 Å². The van der Waals surface area contributed by atoms with Gasteiger partial charge in [-0.05, 0) is 74.2 Å². The maximum Gasteiger partial charge on any atom is 0.335 e. The molecule has 0 bridgehead atoms. The summed E-state index contributed by atoms with van der Waals surface area (Å²) >= 11 is 6.20. The molecule has 1 fully saturated rings. The topological polar surface area (TPSA) is 124 Å². The SMILES string of the molecule is COc1cn([C@H](CCOC2CCC2)C(=O)Nc2ccc(C(=O)O)cc2)c(=O)cc1-c1cc(Cl)ccc1C(C)=O. The number of ketones is 1. The van der Waals surface area contributed by atoms with E-state index in [0.29, 0.717) is 27.4 Å². The molecule has 1 amide bonds. The average Bonchev–Trinajstić information content (AvgIpc) is 2.88. The minimum Gasteiger partial charge on any atom is -0.495 e. The van der Waals surface area contributed by atoms with E-state index in [-0.39, 0.29) is 36.2 Å². The van der Waals surface area contributed by atoms with Crippen molar-refractivity contribution in [3.8, 4) is 16.9 Å². The fraction of sp³-hybridized carbons (Fsp3) is 0.310. The van der Waals surface area contributed by atoms with Gasteiger partial charge in [0.15, 0.2) is 5.78 Å². The quantitative estimate of drug-likeness (QED) is 0.313. The molecule has 0 spiro atoms. The van der Waals surface area contributed by atoms with Crippen molar-refractivity contribution in [2.24, 2.45) is 0 Å². The van der Waals surface area contributed by atoms with Crippen LogP contribution in [0.2, 0.25) is 5.02 Å². The van der Waals surface area contributed by atoms with E-state index in [4.69, 9.17) is 26.2 Å².